The van der Waals surface area contributed by atoms with E-state index in [2.05, 4.69) is 13.8 Å². The normalized spacial score (nSPS) is 23.3. The summed E-state index contributed by atoms with van der Waals surface area (Å²) in [5.74, 6) is 2.11. The second-order valence-corrected chi connectivity index (χ2v) is 6.28. The number of methoxy groups -OCH3 is 2. The molecule has 2 atom stereocenters. The van der Waals surface area contributed by atoms with Gasteiger partial charge in [0.15, 0.2) is 11.5 Å². The number of alkyl halides is 1. The van der Waals surface area contributed by atoms with Crippen LogP contribution in [0.25, 0.3) is 0 Å². The van der Waals surface area contributed by atoms with Gasteiger partial charge in [-0.25, -0.2) is 0 Å². The first-order valence-corrected chi connectivity index (χ1v) is 7.99. The minimum absolute atomic E-state index is 0.0441. The molecule has 0 N–H and O–H groups in total. The van der Waals surface area contributed by atoms with Gasteiger partial charge in [0.25, 0.3) is 0 Å². The van der Waals surface area contributed by atoms with Crippen molar-refractivity contribution in [3.8, 4) is 17.2 Å². The molecule has 1 aliphatic rings. The van der Waals surface area contributed by atoms with Gasteiger partial charge < -0.3 is 14.2 Å². The molecule has 0 saturated heterocycles. The molecule has 0 bridgehead atoms. The van der Waals surface area contributed by atoms with Gasteiger partial charge in [-0.3, -0.25) is 0 Å². The second-order valence-electron chi connectivity index (χ2n) is 5.75. The van der Waals surface area contributed by atoms with E-state index in [1.54, 1.807) is 14.2 Å². The summed E-state index contributed by atoms with van der Waals surface area (Å²) in [6, 6.07) is 3.93. The molecule has 4 heteroatoms. The molecule has 0 spiro atoms. The van der Waals surface area contributed by atoms with E-state index in [1.165, 1.54) is 0 Å². The van der Waals surface area contributed by atoms with E-state index in [1.807, 2.05) is 19.1 Å². The van der Waals surface area contributed by atoms with Crippen LogP contribution in [0.15, 0.2) is 12.1 Å². The van der Waals surface area contributed by atoms with Crippen LogP contribution in [-0.2, 0) is 0 Å². The fraction of sp³-hybridized carbons (Fsp3) is 0.647. The summed E-state index contributed by atoms with van der Waals surface area (Å²) in [6.07, 6.45) is 3.00. The average Bonchev–Trinajstić information content (AvgIpc) is 2.48. The number of rotatable bonds is 6. The zero-order chi connectivity index (χ0) is 15.6. The Morgan fingerprint density at radius 2 is 1.67 bits per heavy atom. The summed E-state index contributed by atoms with van der Waals surface area (Å²) in [5, 5.41) is 0.180. The fourth-order valence-electron chi connectivity index (χ4n) is 3.28. The maximum Gasteiger partial charge on any atom is 0.203 e. The quantitative estimate of drug-likeness (QED) is 0.720. The number of hydrogen-bond donors (Lipinski definition) is 0. The van der Waals surface area contributed by atoms with Crippen LogP contribution in [0.5, 0.6) is 17.2 Å². The first-order valence-electron chi connectivity index (χ1n) is 7.55. The van der Waals surface area contributed by atoms with Gasteiger partial charge in [-0.05, 0) is 37.5 Å². The Bertz CT molecular complexity index is 472. The molecule has 3 nitrogen and oxygen atoms in total. The Balaban J connectivity index is 2.32. The van der Waals surface area contributed by atoms with Gasteiger partial charge in [0, 0.05) is 17.2 Å². The van der Waals surface area contributed by atoms with E-state index in [0.29, 0.717) is 17.2 Å². The molecule has 0 amide bonds. The van der Waals surface area contributed by atoms with Crippen molar-refractivity contribution in [3.05, 3.63) is 17.7 Å². The van der Waals surface area contributed by atoms with Crippen LogP contribution in [0.1, 0.15) is 38.7 Å². The van der Waals surface area contributed by atoms with Crippen molar-refractivity contribution in [2.45, 2.75) is 51.5 Å². The third kappa shape index (κ3) is 2.68. The number of benzene rings is 1. The topological polar surface area (TPSA) is 27.7 Å². The summed E-state index contributed by atoms with van der Waals surface area (Å²) < 4.78 is 17.2. The molecule has 21 heavy (non-hydrogen) atoms. The maximum absolute atomic E-state index is 6.46. The molecule has 118 valence electrons. The highest BCUT2D eigenvalue weighted by molar-refractivity contribution is 6.21. The Morgan fingerprint density at radius 1 is 1.14 bits per heavy atom. The number of halogens is 1. The molecule has 2 rings (SSSR count). The van der Waals surface area contributed by atoms with Crippen molar-refractivity contribution in [3.63, 3.8) is 0 Å². The molecule has 0 heterocycles. The standard InChI is InChI=1S/C17H25ClO3/c1-6-17(7-2)14(18)10-15(17)21-16-12(19-4)8-11(3)9-13(16)20-5/h8-9,14-15H,6-7,10H2,1-5H3. The van der Waals surface area contributed by atoms with Gasteiger partial charge in [-0.2, -0.15) is 0 Å². The van der Waals surface area contributed by atoms with Crippen molar-refractivity contribution in [2.24, 2.45) is 5.41 Å². The molecule has 0 aromatic heterocycles. The largest absolute Gasteiger partial charge is 0.493 e. The predicted octanol–water partition coefficient (Wildman–Crippen LogP) is 4.58. The number of aryl methyl sites for hydroxylation is 1. The highest BCUT2D eigenvalue weighted by atomic mass is 35.5. The Kier molecular flexibility index (Phi) is 4.92. The lowest BCUT2D eigenvalue weighted by Crippen LogP contribution is -2.56. The van der Waals surface area contributed by atoms with Crippen LogP contribution in [0.4, 0.5) is 0 Å². The lowest BCUT2D eigenvalue weighted by Gasteiger charge is -2.52. The summed E-state index contributed by atoms with van der Waals surface area (Å²) in [5.41, 5.74) is 1.12. The first-order chi connectivity index (χ1) is 10.0. The predicted molar refractivity (Wildman–Crippen MR) is 86.0 cm³/mol. The van der Waals surface area contributed by atoms with Gasteiger partial charge in [0.05, 0.1) is 14.2 Å². The van der Waals surface area contributed by atoms with Crippen LogP contribution in [0, 0.1) is 12.3 Å². The minimum atomic E-state index is 0.0441. The van der Waals surface area contributed by atoms with Crippen molar-refractivity contribution >= 4 is 11.6 Å². The Hall–Kier alpha value is -1.09. The lowest BCUT2D eigenvalue weighted by atomic mass is 9.62. The van der Waals surface area contributed by atoms with Crippen LogP contribution >= 0.6 is 11.6 Å². The SMILES string of the molecule is CCC1(CC)C(Cl)CC1Oc1c(OC)cc(C)cc1OC. The van der Waals surface area contributed by atoms with Gasteiger partial charge in [-0.1, -0.05) is 13.8 Å². The van der Waals surface area contributed by atoms with Crippen molar-refractivity contribution in [1.82, 2.24) is 0 Å². The summed E-state index contributed by atoms with van der Waals surface area (Å²) in [6.45, 7) is 6.37. The van der Waals surface area contributed by atoms with Crippen molar-refractivity contribution in [2.75, 3.05) is 14.2 Å². The molecular formula is C17H25ClO3. The molecule has 1 aromatic carbocycles. The zero-order valence-electron chi connectivity index (χ0n) is 13.5. The van der Waals surface area contributed by atoms with E-state index in [-0.39, 0.29) is 16.9 Å². The molecule has 1 aromatic rings. The molecule has 2 unspecified atom stereocenters. The van der Waals surface area contributed by atoms with Crippen LogP contribution in [0.3, 0.4) is 0 Å². The van der Waals surface area contributed by atoms with Crippen LogP contribution in [-0.4, -0.2) is 25.7 Å². The molecule has 0 radical (unpaired) electrons. The van der Waals surface area contributed by atoms with E-state index in [0.717, 1.165) is 24.8 Å². The summed E-state index contributed by atoms with van der Waals surface area (Å²) in [4.78, 5) is 0. The lowest BCUT2D eigenvalue weighted by molar-refractivity contribution is -0.0483. The Labute approximate surface area is 132 Å². The van der Waals surface area contributed by atoms with E-state index < -0.39 is 0 Å². The molecular weight excluding hydrogens is 288 g/mol. The number of ether oxygens (including phenoxy) is 3. The third-order valence-electron chi connectivity index (χ3n) is 4.87. The fourth-order valence-corrected chi connectivity index (χ4v) is 3.89. The smallest absolute Gasteiger partial charge is 0.203 e. The molecule has 1 saturated carbocycles. The summed E-state index contributed by atoms with van der Waals surface area (Å²) in [7, 11) is 3.30. The van der Waals surface area contributed by atoms with Crippen molar-refractivity contribution in [1.29, 1.82) is 0 Å². The monoisotopic (exact) mass is 312 g/mol. The maximum atomic E-state index is 6.46. The van der Waals surface area contributed by atoms with Gasteiger partial charge in [0.2, 0.25) is 5.75 Å². The third-order valence-corrected chi connectivity index (χ3v) is 5.48. The van der Waals surface area contributed by atoms with Gasteiger partial charge in [0.1, 0.15) is 6.10 Å². The highest BCUT2D eigenvalue weighted by Gasteiger charge is 2.54. The van der Waals surface area contributed by atoms with Gasteiger partial charge >= 0.3 is 0 Å². The second kappa shape index (κ2) is 6.35. The zero-order valence-corrected chi connectivity index (χ0v) is 14.3. The molecule has 1 aliphatic carbocycles. The first kappa shape index (κ1) is 16.3. The minimum Gasteiger partial charge on any atom is -0.493 e. The van der Waals surface area contributed by atoms with Crippen molar-refractivity contribution < 1.29 is 14.2 Å². The average molecular weight is 313 g/mol. The van der Waals surface area contributed by atoms with Gasteiger partial charge in [-0.15, -0.1) is 11.6 Å². The van der Waals surface area contributed by atoms with Crippen LogP contribution in [0.2, 0.25) is 0 Å². The van der Waals surface area contributed by atoms with E-state index in [9.17, 15) is 0 Å². The Morgan fingerprint density at radius 3 is 2.05 bits per heavy atom. The molecule has 0 aliphatic heterocycles. The highest BCUT2D eigenvalue weighted by Crippen LogP contribution is 2.53. The number of hydrogen-bond acceptors (Lipinski definition) is 3. The van der Waals surface area contributed by atoms with Crippen LogP contribution < -0.4 is 14.2 Å². The van der Waals surface area contributed by atoms with E-state index >= 15 is 0 Å². The summed E-state index contributed by atoms with van der Waals surface area (Å²) >= 11 is 6.46. The molecule has 1 fully saturated rings. The van der Waals surface area contributed by atoms with E-state index in [4.69, 9.17) is 25.8 Å².